The van der Waals surface area contributed by atoms with Crippen molar-refractivity contribution in [2.75, 3.05) is 4.90 Å². The van der Waals surface area contributed by atoms with Gasteiger partial charge in [0, 0.05) is 27.7 Å². The average Bonchev–Trinajstić information content (AvgIpc) is 3.35. The number of aryl methyl sites for hydroxylation is 1. The molecule has 1 atom stereocenters. The Morgan fingerprint density at radius 3 is 2.25 bits per heavy atom. The zero-order valence-corrected chi connectivity index (χ0v) is 17.7. The summed E-state index contributed by atoms with van der Waals surface area (Å²) in [6.45, 7) is 2.10. The summed E-state index contributed by atoms with van der Waals surface area (Å²) in [5.41, 5.74) is 8.31. The Hall–Kier alpha value is -4.11. The SMILES string of the molecule is Cc1ccc(-c2[nH]c3ccccc3c2C2c3ccccc3C(=O)N2c2ccccc2)cc1. The van der Waals surface area contributed by atoms with E-state index in [0.29, 0.717) is 0 Å². The van der Waals surface area contributed by atoms with Crippen molar-refractivity contribution in [1.82, 2.24) is 4.98 Å². The maximum Gasteiger partial charge on any atom is 0.259 e. The fourth-order valence-electron chi connectivity index (χ4n) is 4.85. The van der Waals surface area contributed by atoms with Crippen molar-refractivity contribution in [3.8, 4) is 11.3 Å². The normalized spacial score (nSPS) is 15.3. The predicted molar refractivity (Wildman–Crippen MR) is 130 cm³/mol. The Kier molecular flexibility index (Phi) is 4.22. The van der Waals surface area contributed by atoms with Crippen LogP contribution in [0.4, 0.5) is 5.69 Å². The summed E-state index contributed by atoms with van der Waals surface area (Å²) in [5.74, 6) is 0.0388. The molecule has 0 saturated carbocycles. The number of nitrogens with one attached hydrogen (secondary N) is 1. The molecule has 5 aromatic rings. The molecular weight excluding hydrogens is 392 g/mol. The summed E-state index contributed by atoms with van der Waals surface area (Å²) in [6, 6.07) is 34.7. The molecule has 4 aromatic carbocycles. The summed E-state index contributed by atoms with van der Waals surface area (Å²) in [7, 11) is 0. The molecule has 1 unspecified atom stereocenters. The van der Waals surface area contributed by atoms with Crippen LogP contribution in [0.3, 0.4) is 0 Å². The Balaban J connectivity index is 1.67. The van der Waals surface area contributed by atoms with E-state index < -0.39 is 0 Å². The van der Waals surface area contributed by atoms with E-state index in [1.165, 1.54) is 5.56 Å². The smallest absolute Gasteiger partial charge is 0.259 e. The molecule has 3 nitrogen and oxygen atoms in total. The Labute approximate surface area is 187 Å². The molecule has 0 radical (unpaired) electrons. The van der Waals surface area contributed by atoms with Gasteiger partial charge in [0.25, 0.3) is 5.91 Å². The van der Waals surface area contributed by atoms with E-state index in [1.54, 1.807) is 0 Å². The third-order valence-electron chi connectivity index (χ3n) is 6.36. The predicted octanol–water partition coefficient (Wildman–Crippen LogP) is 6.89. The van der Waals surface area contributed by atoms with E-state index in [-0.39, 0.29) is 11.9 Å². The summed E-state index contributed by atoms with van der Waals surface area (Å²) in [5, 5.41) is 1.14. The van der Waals surface area contributed by atoms with Gasteiger partial charge in [0.05, 0.1) is 11.7 Å². The lowest BCUT2D eigenvalue weighted by Gasteiger charge is -2.27. The molecule has 3 heteroatoms. The molecular formula is C29H22N2O. The van der Waals surface area contributed by atoms with Crippen LogP contribution in [0.1, 0.15) is 33.1 Å². The second-order valence-electron chi connectivity index (χ2n) is 8.33. The number of hydrogen-bond acceptors (Lipinski definition) is 1. The largest absolute Gasteiger partial charge is 0.354 e. The molecule has 0 aliphatic carbocycles. The van der Waals surface area contributed by atoms with Gasteiger partial charge in [-0.2, -0.15) is 0 Å². The van der Waals surface area contributed by atoms with Crippen molar-refractivity contribution in [1.29, 1.82) is 0 Å². The van der Waals surface area contributed by atoms with E-state index in [4.69, 9.17) is 0 Å². The van der Waals surface area contributed by atoms with Gasteiger partial charge in [-0.05, 0) is 42.3 Å². The number of benzene rings is 4. The highest BCUT2D eigenvalue weighted by atomic mass is 16.2. The van der Waals surface area contributed by atoms with Gasteiger partial charge in [-0.15, -0.1) is 0 Å². The summed E-state index contributed by atoms with van der Waals surface area (Å²) >= 11 is 0. The quantitative estimate of drug-likeness (QED) is 0.343. The third-order valence-corrected chi connectivity index (χ3v) is 6.36. The lowest BCUT2D eigenvalue weighted by molar-refractivity contribution is 0.0993. The number of hydrogen-bond donors (Lipinski definition) is 1. The van der Waals surface area contributed by atoms with Gasteiger partial charge >= 0.3 is 0 Å². The monoisotopic (exact) mass is 414 g/mol. The molecule has 6 rings (SSSR count). The molecule has 1 amide bonds. The van der Waals surface area contributed by atoms with Gasteiger partial charge in [0.15, 0.2) is 0 Å². The molecule has 0 saturated heterocycles. The van der Waals surface area contributed by atoms with Gasteiger partial charge in [0.2, 0.25) is 0 Å². The topological polar surface area (TPSA) is 36.1 Å². The Bertz CT molecular complexity index is 1450. The molecule has 1 aromatic heterocycles. The van der Waals surface area contributed by atoms with E-state index in [1.807, 2.05) is 59.5 Å². The van der Waals surface area contributed by atoms with Crippen LogP contribution in [0.2, 0.25) is 0 Å². The van der Waals surface area contributed by atoms with Crippen molar-refractivity contribution in [2.45, 2.75) is 13.0 Å². The molecule has 0 bridgehead atoms. The minimum absolute atomic E-state index is 0.0388. The van der Waals surface area contributed by atoms with Crippen molar-refractivity contribution >= 4 is 22.5 Å². The number of anilines is 1. The summed E-state index contributed by atoms with van der Waals surface area (Å²) in [6.07, 6.45) is 0. The average molecular weight is 415 g/mol. The molecule has 1 aliphatic rings. The number of carbonyl (C=O) groups excluding carboxylic acids is 1. The number of carbonyl (C=O) groups is 1. The van der Waals surface area contributed by atoms with Crippen LogP contribution in [0, 0.1) is 6.92 Å². The van der Waals surface area contributed by atoms with Gasteiger partial charge in [-0.25, -0.2) is 0 Å². The van der Waals surface area contributed by atoms with Gasteiger partial charge in [-0.1, -0.05) is 84.4 Å². The van der Waals surface area contributed by atoms with Crippen LogP contribution in [-0.4, -0.2) is 10.9 Å². The molecule has 2 heterocycles. The van der Waals surface area contributed by atoms with Crippen LogP contribution < -0.4 is 4.90 Å². The molecule has 0 fully saturated rings. The Morgan fingerprint density at radius 1 is 0.750 bits per heavy atom. The first-order chi connectivity index (χ1) is 15.7. The lowest BCUT2D eigenvalue weighted by atomic mass is 9.93. The van der Waals surface area contributed by atoms with Crippen LogP contribution in [-0.2, 0) is 0 Å². The highest BCUT2D eigenvalue weighted by molar-refractivity contribution is 6.13. The van der Waals surface area contributed by atoms with Crippen molar-refractivity contribution in [2.24, 2.45) is 0 Å². The zero-order chi connectivity index (χ0) is 21.7. The first-order valence-electron chi connectivity index (χ1n) is 10.9. The fourth-order valence-corrected chi connectivity index (χ4v) is 4.85. The Morgan fingerprint density at radius 2 is 1.44 bits per heavy atom. The highest BCUT2D eigenvalue weighted by Crippen LogP contribution is 2.47. The maximum atomic E-state index is 13.6. The van der Waals surface area contributed by atoms with Crippen LogP contribution in [0.15, 0.2) is 103 Å². The van der Waals surface area contributed by atoms with Crippen LogP contribution in [0.25, 0.3) is 22.2 Å². The lowest BCUT2D eigenvalue weighted by Crippen LogP contribution is -2.28. The minimum Gasteiger partial charge on any atom is -0.354 e. The van der Waals surface area contributed by atoms with E-state index in [9.17, 15) is 4.79 Å². The van der Waals surface area contributed by atoms with Gasteiger partial charge in [0.1, 0.15) is 0 Å². The minimum atomic E-state index is -0.214. The number of nitrogens with zero attached hydrogens (tertiary/aromatic N) is 1. The number of amides is 1. The van der Waals surface area contributed by atoms with Gasteiger partial charge in [-0.3, -0.25) is 9.69 Å². The third kappa shape index (κ3) is 2.78. The number of H-pyrrole nitrogens is 1. The van der Waals surface area contributed by atoms with Crippen LogP contribution >= 0.6 is 0 Å². The summed E-state index contributed by atoms with van der Waals surface area (Å²) < 4.78 is 0. The molecule has 32 heavy (non-hydrogen) atoms. The molecule has 1 aliphatic heterocycles. The van der Waals surface area contributed by atoms with E-state index in [2.05, 4.69) is 60.4 Å². The standard InChI is InChI=1S/C29H22N2O/c1-19-15-17-20(18-16-19)27-26(24-13-7-8-14-25(24)30-27)28-22-11-5-6-12-23(22)29(32)31(28)21-9-3-2-4-10-21/h2-18,28,30H,1H3. The van der Waals surface area contributed by atoms with Crippen molar-refractivity contribution in [3.63, 3.8) is 0 Å². The molecule has 154 valence electrons. The number of rotatable bonds is 3. The number of aromatic amines is 1. The number of fused-ring (bicyclic) bond motifs is 2. The second-order valence-corrected chi connectivity index (χ2v) is 8.33. The number of para-hydroxylation sites is 2. The molecule has 0 spiro atoms. The first kappa shape index (κ1) is 18.6. The summed E-state index contributed by atoms with van der Waals surface area (Å²) in [4.78, 5) is 19.2. The zero-order valence-electron chi connectivity index (χ0n) is 17.7. The van der Waals surface area contributed by atoms with Crippen molar-refractivity contribution in [3.05, 3.63) is 125 Å². The number of aromatic nitrogens is 1. The van der Waals surface area contributed by atoms with Crippen molar-refractivity contribution < 1.29 is 4.79 Å². The fraction of sp³-hybridized carbons (Fsp3) is 0.0690. The second kappa shape index (κ2) is 7.24. The maximum absolute atomic E-state index is 13.6. The van der Waals surface area contributed by atoms with Crippen LogP contribution in [0.5, 0.6) is 0 Å². The van der Waals surface area contributed by atoms with Gasteiger partial charge < -0.3 is 4.98 Å². The highest BCUT2D eigenvalue weighted by Gasteiger charge is 2.40. The first-order valence-corrected chi connectivity index (χ1v) is 10.9. The van der Waals surface area contributed by atoms with E-state index >= 15 is 0 Å². The van der Waals surface area contributed by atoms with E-state index in [0.717, 1.165) is 44.5 Å². The molecule has 1 N–H and O–H groups in total.